The Morgan fingerprint density at radius 3 is 1.95 bits per heavy atom. The maximum absolute atomic E-state index is 12.0. The van der Waals surface area contributed by atoms with Gasteiger partial charge in [0.1, 0.15) is 0 Å². The van der Waals surface area contributed by atoms with Gasteiger partial charge in [-0.1, -0.05) is 0 Å². The van der Waals surface area contributed by atoms with Crippen LogP contribution in [0.1, 0.15) is 0 Å². The van der Waals surface area contributed by atoms with Gasteiger partial charge in [0.25, 0.3) is 11.8 Å². The van der Waals surface area contributed by atoms with Crippen LogP contribution in [0.3, 0.4) is 0 Å². The third-order valence-electron chi connectivity index (χ3n) is 2.44. The number of anilines is 1. The van der Waals surface area contributed by atoms with Gasteiger partial charge in [-0.05, 0) is 0 Å². The molecule has 0 atom stereocenters. The number of hydrogen-bond donors (Lipinski definition) is 4. The summed E-state index contributed by atoms with van der Waals surface area (Å²) in [6.45, 7) is 0. The van der Waals surface area contributed by atoms with Crippen LogP contribution in [0.15, 0.2) is 18.2 Å². The van der Waals surface area contributed by atoms with Crippen LogP contribution in [0.25, 0.3) is 0 Å². The number of benzene rings is 1. The first-order chi connectivity index (χ1) is 9.37. The van der Waals surface area contributed by atoms with E-state index in [1.54, 1.807) is 0 Å². The van der Waals surface area contributed by atoms with E-state index in [1.165, 1.54) is 18.2 Å². The Hall–Kier alpha value is -0.692. The fourth-order valence-electron chi connectivity index (χ4n) is 1.41. The molecule has 1 aromatic rings. The van der Waals surface area contributed by atoms with Crippen molar-refractivity contribution in [2.45, 2.75) is 0 Å². The number of carbonyl (C=O) groups excluding carboxylic acids is 2. The van der Waals surface area contributed by atoms with Crippen molar-refractivity contribution in [2.24, 2.45) is 5.41 Å². The van der Waals surface area contributed by atoms with Crippen LogP contribution >= 0.6 is 0 Å². The van der Waals surface area contributed by atoms with E-state index in [1.807, 2.05) is 10.6 Å². The van der Waals surface area contributed by atoms with Gasteiger partial charge in [-0.15, -0.1) is 0 Å². The summed E-state index contributed by atoms with van der Waals surface area (Å²) < 4.78 is 0. The van der Waals surface area contributed by atoms with Gasteiger partial charge in [-0.25, -0.2) is 9.59 Å². The molecule has 0 saturated heterocycles. The molecular weight excluding hydrogens is 446 g/mol. The Morgan fingerprint density at radius 1 is 1.05 bits per heavy atom. The Balaban J connectivity index is 0. The second kappa shape index (κ2) is 10.2. The monoisotopic (exact) mass is 456 g/mol. The zero-order valence-corrected chi connectivity index (χ0v) is 17.1. The molecule has 0 aliphatic carbocycles. The molecule has 8 nitrogen and oxygen atoms in total. The molecule has 112 valence electrons. The van der Waals surface area contributed by atoms with Gasteiger partial charge < -0.3 is 26.9 Å². The maximum Gasteiger partial charge on any atom is 0.340 e. The van der Waals surface area contributed by atoms with Crippen LogP contribution in [0.5, 0.6) is 0 Å². The van der Waals surface area contributed by atoms with Crippen molar-refractivity contribution < 1.29 is 94.8 Å². The first-order valence-electron chi connectivity index (χ1n) is 5.25. The molecule has 0 saturated carbocycles. The average molecular weight is 456 g/mol. The molecule has 1 aromatic carbocycles. The molecule has 22 heavy (non-hydrogen) atoms. The van der Waals surface area contributed by atoms with E-state index in [0.29, 0.717) is 0 Å². The topological polar surface area (TPSA) is 133 Å². The van der Waals surface area contributed by atoms with Crippen molar-refractivity contribution in [3.05, 3.63) is 30.3 Å². The van der Waals surface area contributed by atoms with E-state index in [2.05, 4.69) is 12.1 Å². The molecule has 0 fully saturated rings. The van der Waals surface area contributed by atoms with Gasteiger partial charge >= 0.3 is 17.4 Å². The number of aliphatic carboxylic acids is 2. The van der Waals surface area contributed by atoms with Crippen LogP contribution < -0.4 is 10.6 Å². The molecule has 0 aliphatic heterocycles. The fraction of sp³-hybridized carbons (Fsp3) is 0.167. The quantitative estimate of drug-likeness (QED) is 0.336. The second-order valence-corrected chi connectivity index (χ2v) is 3.60. The minimum Gasteiger partial charge on any atom is -0.480 e. The molecule has 10 heteroatoms. The molecule has 0 heterocycles. The van der Waals surface area contributed by atoms with E-state index in [-0.39, 0.29) is 71.1 Å². The Morgan fingerprint density at radius 2 is 1.59 bits per heavy atom. The van der Waals surface area contributed by atoms with Gasteiger partial charge in [0.05, 0.1) is 0 Å². The normalized spacial score (nSPS) is 9.50. The smallest absolute Gasteiger partial charge is 0.340 e. The van der Waals surface area contributed by atoms with Crippen LogP contribution in [0, 0.1) is 17.5 Å². The minimum absolute atomic E-state index is 0. The van der Waals surface area contributed by atoms with Gasteiger partial charge in [0.2, 0.25) is 0 Å². The van der Waals surface area contributed by atoms with E-state index in [0.717, 1.165) is 7.05 Å². The Kier molecular flexibility index (Phi) is 10.9. The summed E-state index contributed by atoms with van der Waals surface area (Å²) in [5.74, 6) is -7.16. The number of amides is 2. The van der Waals surface area contributed by atoms with Crippen molar-refractivity contribution >= 4 is 29.4 Å². The molecule has 0 aromatic heterocycles. The van der Waals surface area contributed by atoms with Gasteiger partial charge in [-0.3, -0.25) is 33.9 Å². The van der Waals surface area contributed by atoms with Crippen molar-refractivity contribution in [3.63, 3.8) is 0 Å². The minimum atomic E-state index is -3.28. The summed E-state index contributed by atoms with van der Waals surface area (Å²) in [5.41, 5.74) is -3.29. The number of hydrogen-bond acceptors (Lipinski definition) is 4. The van der Waals surface area contributed by atoms with Gasteiger partial charge in [-0.2, -0.15) is 5.69 Å². The van der Waals surface area contributed by atoms with Crippen molar-refractivity contribution in [1.29, 1.82) is 0 Å². The van der Waals surface area contributed by atoms with Crippen LogP contribution in [0.4, 0.5) is 5.69 Å². The molecule has 2 amide bonds. The van der Waals surface area contributed by atoms with Crippen LogP contribution in [-0.2, 0) is 84.6 Å². The molecule has 0 aliphatic rings. The van der Waals surface area contributed by atoms with E-state index in [9.17, 15) is 19.2 Å². The molecule has 0 bridgehead atoms. The summed E-state index contributed by atoms with van der Waals surface area (Å²) in [4.78, 5) is 45.9. The summed E-state index contributed by atoms with van der Waals surface area (Å²) in [5, 5.41) is 21.9. The molecule has 4 N–H and O–H groups in total. The Bertz CT molecular complexity index is 550. The summed E-state index contributed by atoms with van der Waals surface area (Å²) >= 11 is 0. The third-order valence-corrected chi connectivity index (χ3v) is 2.44. The summed E-state index contributed by atoms with van der Waals surface area (Å²) in [7, 11) is 1.03. The average Bonchev–Trinajstić information content (AvgIpc) is 2.39. The van der Waals surface area contributed by atoms with E-state index < -0.39 is 29.2 Å². The largest absolute Gasteiger partial charge is 0.480 e. The second-order valence-electron chi connectivity index (χ2n) is 3.60. The summed E-state index contributed by atoms with van der Waals surface area (Å²) in [6.07, 6.45) is 0. The van der Waals surface area contributed by atoms with Crippen LogP contribution in [0.2, 0.25) is 0 Å². The van der Waals surface area contributed by atoms with Crippen molar-refractivity contribution in [1.82, 2.24) is 5.32 Å². The molecule has 2 radical (unpaired) electrons. The van der Waals surface area contributed by atoms with E-state index >= 15 is 0 Å². The van der Waals surface area contributed by atoms with Crippen LogP contribution in [-0.4, -0.2) is 41.0 Å². The maximum atomic E-state index is 12.0. The first kappa shape index (κ1) is 23.6. The van der Waals surface area contributed by atoms with E-state index in [4.69, 9.17) is 10.2 Å². The zero-order valence-electron chi connectivity index (χ0n) is 11.4. The number of carboxylic acid groups (broad SMARTS) is 2. The number of rotatable bonds is 5. The number of carbonyl (C=O) groups is 4. The van der Waals surface area contributed by atoms with Gasteiger partial charge in [0.15, 0.2) is 0 Å². The predicted molar refractivity (Wildman–Crippen MR) is 64.5 cm³/mol. The fourth-order valence-corrected chi connectivity index (χ4v) is 1.41. The molecule has 0 spiro atoms. The zero-order chi connectivity index (χ0) is 15.3. The first-order valence-corrected chi connectivity index (χ1v) is 5.25. The molecule has 1 rings (SSSR count). The SMILES string of the molecule is CNC(=O)C(C(=O)O)(C(=O)O)C(=O)Nc1[c-]cc[c-]c1.[Y].[Y]. The standard InChI is InChI=1S/C12H10N2O6.2Y/c1-13-8(15)12(10(17)18,11(19)20)9(16)14-7-5-3-2-4-6-7;;/h2-3,6H,1H3,(H,13,15)(H,14,16)(H,17,18)(H,19,20);;/q-2;;. The molecule has 0 unspecified atom stereocenters. The third kappa shape index (κ3) is 4.65. The van der Waals surface area contributed by atoms with Crippen molar-refractivity contribution in [3.8, 4) is 0 Å². The van der Waals surface area contributed by atoms with Crippen molar-refractivity contribution in [2.75, 3.05) is 12.4 Å². The Labute approximate surface area is 176 Å². The molecular formula is C12H10N2O6Y2-2. The van der Waals surface area contributed by atoms with Gasteiger partial charge in [0, 0.05) is 72.5 Å². The number of carboxylic acids is 2. The predicted octanol–water partition coefficient (Wildman–Crippen LogP) is -0.878. The summed E-state index contributed by atoms with van der Waals surface area (Å²) in [6, 6.07) is 9.19. The number of nitrogens with one attached hydrogen (secondary N) is 2.